The van der Waals surface area contributed by atoms with Crippen LogP contribution in [0.3, 0.4) is 0 Å². The summed E-state index contributed by atoms with van der Waals surface area (Å²) in [5.41, 5.74) is 1.31. The number of carboxylic acids is 1. The molecule has 0 fully saturated rings. The van der Waals surface area contributed by atoms with Crippen LogP contribution in [0, 0.1) is 0 Å². The van der Waals surface area contributed by atoms with Crippen molar-refractivity contribution >= 4 is 16.9 Å². The van der Waals surface area contributed by atoms with Crippen LogP contribution in [0.25, 0.3) is 10.9 Å². The molecule has 5 heteroatoms. The highest BCUT2D eigenvalue weighted by atomic mass is 16.5. The molecule has 1 aromatic carbocycles. The molecular formula is C12H13NO4. The number of aliphatic hydroxyl groups is 1. The van der Waals surface area contributed by atoms with Crippen LogP contribution >= 0.6 is 0 Å². The Morgan fingerprint density at radius 2 is 2.24 bits per heavy atom. The molecule has 3 N–H and O–H groups in total. The van der Waals surface area contributed by atoms with Crippen LogP contribution in [0.1, 0.15) is 18.2 Å². The summed E-state index contributed by atoms with van der Waals surface area (Å²) in [5.74, 6) is -0.327. The maximum absolute atomic E-state index is 10.5. The van der Waals surface area contributed by atoms with Crippen molar-refractivity contribution in [3.05, 3.63) is 30.0 Å². The number of fused-ring (bicyclic) bond motifs is 1. The monoisotopic (exact) mass is 235 g/mol. The highest BCUT2D eigenvalue weighted by molar-refractivity contribution is 5.82. The second-order valence-corrected chi connectivity index (χ2v) is 3.79. The third-order valence-electron chi connectivity index (χ3n) is 2.58. The summed E-state index contributed by atoms with van der Waals surface area (Å²) >= 11 is 0. The molecule has 1 atom stereocenters. The quantitative estimate of drug-likeness (QED) is 0.753. The van der Waals surface area contributed by atoms with Gasteiger partial charge >= 0.3 is 5.97 Å². The predicted molar refractivity (Wildman–Crippen MR) is 62.1 cm³/mol. The van der Waals surface area contributed by atoms with Crippen LogP contribution in [0.5, 0.6) is 5.75 Å². The molecule has 0 unspecified atom stereocenters. The Labute approximate surface area is 97.6 Å². The van der Waals surface area contributed by atoms with E-state index in [4.69, 9.17) is 9.84 Å². The number of methoxy groups -OCH3 is 1. The van der Waals surface area contributed by atoms with Crippen LogP contribution in [0.15, 0.2) is 24.3 Å². The number of rotatable bonds is 4. The molecule has 5 nitrogen and oxygen atoms in total. The van der Waals surface area contributed by atoms with E-state index in [0.717, 1.165) is 10.9 Å². The first-order valence-electron chi connectivity index (χ1n) is 5.16. The van der Waals surface area contributed by atoms with E-state index in [1.807, 2.05) is 12.1 Å². The molecule has 0 aliphatic heterocycles. The van der Waals surface area contributed by atoms with Gasteiger partial charge in [0.2, 0.25) is 0 Å². The number of aliphatic hydroxyl groups excluding tert-OH is 1. The van der Waals surface area contributed by atoms with Gasteiger partial charge < -0.3 is 19.9 Å². The number of aromatic nitrogens is 1. The van der Waals surface area contributed by atoms with Crippen molar-refractivity contribution < 1.29 is 19.7 Å². The summed E-state index contributed by atoms with van der Waals surface area (Å²) in [4.78, 5) is 13.5. The fraction of sp³-hybridized carbons (Fsp3) is 0.250. The van der Waals surface area contributed by atoms with Gasteiger partial charge in [0, 0.05) is 22.7 Å². The summed E-state index contributed by atoms with van der Waals surface area (Å²) in [5, 5.41) is 19.2. The third kappa shape index (κ3) is 2.39. The van der Waals surface area contributed by atoms with E-state index in [9.17, 15) is 9.90 Å². The Bertz CT molecular complexity index is 546. The number of ether oxygens (including phenoxy) is 1. The van der Waals surface area contributed by atoms with E-state index in [-0.39, 0.29) is 6.42 Å². The molecule has 0 spiro atoms. The van der Waals surface area contributed by atoms with Crippen molar-refractivity contribution in [2.45, 2.75) is 12.5 Å². The van der Waals surface area contributed by atoms with Gasteiger partial charge in [-0.25, -0.2) is 0 Å². The molecule has 2 aromatic rings. The topological polar surface area (TPSA) is 82.6 Å². The van der Waals surface area contributed by atoms with Crippen molar-refractivity contribution in [2.24, 2.45) is 0 Å². The average molecular weight is 235 g/mol. The molecule has 0 saturated carbocycles. The summed E-state index contributed by atoms with van der Waals surface area (Å²) in [6.45, 7) is 0. The second-order valence-electron chi connectivity index (χ2n) is 3.79. The highest BCUT2D eigenvalue weighted by Crippen LogP contribution is 2.25. The lowest BCUT2D eigenvalue weighted by molar-refractivity contribution is -0.139. The molecule has 2 rings (SSSR count). The molecule has 0 amide bonds. The van der Waals surface area contributed by atoms with Gasteiger partial charge in [0.15, 0.2) is 0 Å². The summed E-state index contributed by atoms with van der Waals surface area (Å²) in [7, 11) is 1.57. The molecular weight excluding hydrogens is 222 g/mol. The van der Waals surface area contributed by atoms with Crippen LogP contribution in [-0.4, -0.2) is 28.3 Å². The van der Waals surface area contributed by atoms with Crippen molar-refractivity contribution in [2.75, 3.05) is 7.11 Å². The standard InChI is InChI=1S/C12H13NO4/c1-17-8-3-2-7-4-10(13-9(7)5-8)11(14)6-12(15)16/h2-5,11,13-14H,6H2,1H3,(H,15,16)/t11-/m1/s1. The summed E-state index contributed by atoms with van der Waals surface area (Å²) in [6, 6.07) is 7.19. The van der Waals surface area contributed by atoms with Crippen LogP contribution in [0.4, 0.5) is 0 Å². The van der Waals surface area contributed by atoms with E-state index in [1.54, 1.807) is 19.2 Å². The van der Waals surface area contributed by atoms with Crippen LogP contribution < -0.4 is 4.74 Å². The van der Waals surface area contributed by atoms with Gasteiger partial charge in [-0.3, -0.25) is 4.79 Å². The fourth-order valence-corrected chi connectivity index (χ4v) is 1.71. The number of carbonyl (C=O) groups is 1. The van der Waals surface area contributed by atoms with Crippen molar-refractivity contribution in [1.82, 2.24) is 4.98 Å². The number of hydrogen-bond acceptors (Lipinski definition) is 3. The number of carboxylic acid groups (broad SMARTS) is 1. The molecule has 0 saturated heterocycles. The van der Waals surface area contributed by atoms with E-state index < -0.39 is 12.1 Å². The van der Waals surface area contributed by atoms with E-state index in [2.05, 4.69) is 4.98 Å². The number of aliphatic carboxylic acids is 1. The maximum atomic E-state index is 10.5. The van der Waals surface area contributed by atoms with Crippen LogP contribution in [0.2, 0.25) is 0 Å². The number of H-pyrrole nitrogens is 1. The number of nitrogens with one attached hydrogen (secondary N) is 1. The maximum Gasteiger partial charge on any atom is 0.306 e. The van der Waals surface area contributed by atoms with Crippen molar-refractivity contribution in [1.29, 1.82) is 0 Å². The van der Waals surface area contributed by atoms with Gasteiger partial charge in [0.25, 0.3) is 0 Å². The predicted octanol–water partition coefficient (Wildman–Crippen LogP) is 1.68. The lowest BCUT2D eigenvalue weighted by atomic mass is 10.2. The minimum absolute atomic E-state index is 0.316. The van der Waals surface area contributed by atoms with Gasteiger partial charge in [0.1, 0.15) is 11.9 Å². The molecule has 90 valence electrons. The van der Waals surface area contributed by atoms with Gasteiger partial charge in [-0.05, 0) is 18.2 Å². The van der Waals surface area contributed by atoms with E-state index in [0.29, 0.717) is 11.4 Å². The first-order valence-corrected chi connectivity index (χ1v) is 5.16. The minimum Gasteiger partial charge on any atom is -0.497 e. The van der Waals surface area contributed by atoms with Gasteiger partial charge in [-0.15, -0.1) is 0 Å². The van der Waals surface area contributed by atoms with Gasteiger partial charge in [0.05, 0.1) is 13.5 Å². The first-order chi connectivity index (χ1) is 8.10. The Morgan fingerprint density at radius 1 is 1.47 bits per heavy atom. The highest BCUT2D eigenvalue weighted by Gasteiger charge is 2.14. The number of hydrogen-bond donors (Lipinski definition) is 3. The first kappa shape index (κ1) is 11.5. The molecule has 1 heterocycles. The fourth-order valence-electron chi connectivity index (χ4n) is 1.71. The molecule has 17 heavy (non-hydrogen) atoms. The SMILES string of the molecule is COc1ccc2cc([C@H](O)CC(=O)O)[nH]c2c1. The molecule has 1 aromatic heterocycles. The van der Waals surface area contributed by atoms with E-state index in [1.165, 1.54) is 0 Å². The summed E-state index contributed by atoms with van der Waals surface area (Å²) in [6.07, 6.45) is -1.34. The lowest BCUT2D eigenvalue weighted by Gasteiger charge is -2.03. The Balaban J connectivity index is 2.33. The number of benzene rings is 1. The molecule has 0 aliphatic carbocycles. The Hall–Kier alpha value is -2.01. The largest absolute Gasteiger partial charge is 0.497 e. The smallest absolute Gasteiger partial charge is 0.306 e. The van der Waals surface area contributed by atoms with E-state index >= 15 is 0 Å². The van der Waals surface area contributed by atoms with Gasteiger partial charge in [-0.2, -0.15) is 0 Å². The Morgan fingerprint density at radius 3 is 2.88 bits per heavy atom. The average Bonchev–Trinajstić information content (AvgIpc) is 2.70. The summed E-state index contributed by atoms with van der Waals surface area (Å²) < 4.78 is 5.08. The minimum atomic E-state index is -1.03. The second kappa shape index (κ2) is 4.47. The zero-order valence-electron chi connectivity index (χ0n) is 9.30. The zero-order valence-corrected chi connectivity index (χ0v) is 9.30. The Kier molecular flexibility index (Phi) is 3.01. The molecule has 0 radical (unpaired) electrons. The lowest BCUT2D eigenvalue weighted by Crippen LogP contribution is -2.05. The van der Waals surface area contributed by atoms with Gasteiger partial charge in [-0.1, -0.05) is 0 Å². The van der Waals surface area contributed by atoms with Crippen molar-refractivity contribution in [3.8, 4) is 5.75 Å². The zero-order chi connectivity index (χ0) is 12.4. The third-order valence-corrected chi connectivity index (χ3v) is 2.58. The molecule has 0 aliphatic rings. The van der Waals surface area contributed by atoms with Crippen LogP contribution in [-0.2, 0) is 4.79 Å². The molecule has 0 bridgehead atoms. The number of aromatic amines is 1. The normalized spacial score (nSPS) is 12.6. The van der Waals surface area contributed by atoms with Crippen molar-refractivity contribution in [3.63, 3.8) is 0 Å².